The van der Waals surface area contributed by atoms with Gasteiger partial charge in [-0.3, -0.25) is 4.79 Å². The number of hydrogen-bond donors (Lipinski definition) is 0. The van der Waals surface area contributed by atoms with Gasteiger partial charge in [-0.05, 0) is 19.1 Å². The van der Waals surface area contributed by atoms with Gasteiger partial charge in [0.1, 0.15) is 5.75 Å². The van der Waals surface area contributed by atoms with E-state index in [1.165, 1.54) is 0 Å². The Morgan fingerprint density at radius 2 is 2.23 bits per heavy atom. The summed E-state index contributed by atoms with van der Waals surface area (Å²) in [7, 11) is 1.59. The number of amides is 1. The van der Waals surface area contributed by atoms with Crippen molar-refractivity contribution < 1.29 is 18.8 Å². The van der Waals surface area contributed by atoms with Gasteiger partial charge in [-0.1, -0.05) is 17.3 Å². The lowest BCUT2D eigenvalue weighted by atomic mass is 10.1. The third-order valence-electron chi connectivity index (χ3n) is 3.73. The number of morpholine rings is 1. The molecule has 0 N–H and O–H groups in total. The second-order valence-electron chi connectivity index (χ2n) is 5.20. The third-order valence-corrected chi connectivity index (χ3v) is 3.73. The van der Waals surface area contributed by atoms with Crippen molar-refractivity contribution in [2.75, 3.05) is 26.9 Å². The molecule has 0 bridgehead atoms. The van der Waals surface area contributed by atoms with Crippen molar-refractivity contribution in [1.82, 2.24) is 10.1 Å². The van der Waals surface area contributed by atoms with Crippen molar-refractivity contribution in [2.24, 2.45) is 0 Å². The van der Waals surface area contributed by atoms with E-state index in [4.69, 9.17) is 14.0 Å². The highest BCUT2D eigenvalue weighted by atomic mass is 16.5. The Balaban J connectivity index is 1.86. The highest BCUT2D eigenvalue weighted by Gasteiger charge is 2.27. The first kappa shape index (κ1) is 14.6. The minimum absolute atomic E-state index is 0.0349. The first-order valence-corrected chi connectivity index (χ1v) is 7.19. The fourth-order valence-corrected chi connectivity index (χ4v) is 2.53. The van der Waals surface area contributed by atoms with E-state index in [1.54, 1.807) is 18.1 Å². The quantitative estimate of drug-likeness (QED) is 0.869. The van der Waals surface area contributed by atoms with E-state index >= 15 is 0 Å². The van der Waals surface area contributed by atoms with Gasteiger partial charge in [-0.15, -0.1) is 0 Å². The van der Waals surface area contributed by atoms with Gasteiger partial charge in [0.05, 0.1) is 31.9 Å². The minimum Gasteiger partial charge on any atom is -0.496 e. The van der Waals surface area contributed by atoms with Crippen LogP contribution in [0.15, 0.2) is 34.9 Å². The maximum Gasteiger partial charge on any atom is 0.276 e. The van der Waals surface area contributed by atoms with Crippen molar-refractivity contribution in [3.8, 4) is 17.1 Å². The molecule has 1 aliphatic rings. The van der Waals surface area contributed by atoms with Crippen molar-refractivity contribution in [3.63, 3.8) is 0 Å². The highest BCUT2D eigenvalue weighted by molar-refractivity contribution is 5.93. The molecule has 0 saturated carbocycles. The smallest absolute Gasteiger partial charge is 0.276 e. The molecule has 1 aromatic heterocycles. The standard InChI is InChI=1S/C16H18N2O4/c1-11-10-21-8-7-18(11)16(19)13-9-15(22-17-13)12-5-3-4-6-14(12)20-2/h3-6,9,11H,7-8,10H2,1-2H3. The van der Waals surface area contributed by atoms with E-state index in [-0.39, 0.29) is 11.9 Å². The number of ether oxygens (including phenoxy) is 2. The van der Waals surface area contributed by atoms with E-state index in [0.717, 1.165) is 5.56 Å². The van der Waals surface area contributed by atoms with E-state index in [0.29, 0.717) is 37.0 Å². The average molecular weight is 302 g/mol. The summed E-state index contributed by atoms with van der Waals surface area (Å²) >= 11 is 0. The number of nitrogens with zero attached hydrogens (tertiary/aromatic N) is 2. The predicted octanol–water partition coefficient (Wildman–Crippen LogP) is 2.21. The van der Waals surface area contributed by atoms with E-state index < -0.39 is 0 Å². The molecule has 6 heteroatoms. The molecule has 2 heterocycles. The Hall–Kier alpha value is -2.34. The topological polar surface area (TPSA) is 64.8 Å². The summed E-state index contributed by atoms with van der Waals surface area (Å²) in [5, 5.41) is 3.91. The Morgan fingerprint density at radius 3 is 3.00 bits per heavy atom. The molecule has 2 aromatic rings. The molecule has 0 aliphatic carbocycles. The SMILES string of the molecule is COc1ccccc1-c1cc(C(=O)N2CCOCC2C)no1. The summed E-state index contributed by atoms with van der Waals surface area (Å²) in [5.41, 5.74) is 1.07. The largest absolute Gasteiger partial charge is 0.496 e. The summed E-state index contributed by atoms with van der Waals surface area (Å²) in [6, 6.07) is 9.15. The molecule has 1 aliphatic heterocycles. The lowest BCUT2D eigenvalue weighted by Crippen LogP contribution is -2.47. The van der Waals surface area contributed by atoms with Crippen molar-refractivity contribution in [1.29, 1.82) is 0 Å². The second-order valence-corrected chi connectivity index (χ2v) is 5.20. The fraction of sp³-hybridized carbons (Fsp3) is 0.375. The molecule has 3 rings (SSSR count). The van der Waals surface area contributed by atoms with Crippen LogP contribution < -0.4 is 4.74 Å². The molecular weight excluding hydrogens is 284 g/mol. The number of carbonyl (C=O) groups is 1. The van der Waals surface area contributed by atoms with Crippen LogP contribution in [0.2, 0.25) is 0 Å². The van der Waals surface area contributed by atoms with Gasteiger partial charge in [-0.2, -0.15) is 0 Å². The van der Waals surface area contributed by atoms with Gasteiger partial charge in [0.2, 0.25) is 0 Å². The Morgan fingerprint density at radius 1 is 1.41 bits per heavy atom. The van der Waals surface area contributed by atoms with Gasteiger partial charge in [-0.25, -0.2) is 0 Å². The van der Waals surface area contributed by atoms with Gasteiger partial charge < -0.3 is 18.9 Å². The van der Waals surface area contributed by atoms with E-state index in [9.17, 15) is 4.79 Å². The molecule has 1 fully saturated rings. The predicted molar refractivity (Wildman–Crippen MR) is 79.8 cm³/mol. The molecule has 0 radical (unpaired) electrons. The summed E-state index contributed by atoms with van der Waals surface area (Å²) < 4.78 is 16.0. The first-order valence-electron chi connectivity index (χ1n) is 7.19. The van der Waals surface area contributed by atoms with Gasteiger partial charge in [0, 0.05) is 12.6 Å². The summed E-state index contributed by atoms with van der Waals surface area (Å²) in [4.78, 5) is 14.3. The van der Waals surface area contributed by atoms with Crippen molar-refractivity contribution in [2.45, 2.75) is 13.0 Å². The number of rotatable bonds is 3. The zero-order valence-electron chi connectivity index (χ0n) is 12.6. The number of aromatic nitrogens is 1. The van der Waals surface area contributed by atoms with Crippen LogP contribution >= 0.6 is 0 Å². The molecule has 1 aromatic carbocycles. The monoisotopic (exact) mass is 302 g/mol. The van der Waals surface area contributed by atoms with Crippen molar-refractivity contribution >= 4 is 5.91 Å². The maximum atomic E-state index is 12.5. The van der Waals surface area contributed by atoms with Crippen LogP contribution in [0, 0.1) is 0 Å². The van der Waals surface area contributed by atoms with Crippen LogP contribution in [-0.4, -0.2) is 48.9 Å². The number of para-hydroxylation sites is 1. The summed E-state index contributed by atoms with van der Waals surface area (Å²) in [6.45, 7) is 3.62. The van der Waals surface area contributed by atoms with Crippen LogP contribution in [0.4, 0.5) is 0 Å². The maximum absolute atomic E-state index is 12.5. The van der Waals surface area contributed by atoms with E-state index in [2.05, 4.69) is 5.16 Å². The van der Waals surface area contributed by atoms with Crippen molar-refractivity contribution in [3.05, 3.63) is 36.0 Å². The molecule has 116 valence electrons. The lowest BCUT2D eigenvalue weighted by molar-refractivity contribution is 0.00307. The lowest BCUT2D eigenvalue weighted by Gasteiger charge is -2.32. The molecule has 1 atom stereocenters. The molecule has 1 amide bonds. The fourth-order valence-electron chi connectivity index (χ4n) is 2.53. The zero-order valence-corrected chi connectivity index (χ0v) is 12.6. The molecule has 6 nitrogen and oxygen atoms in total. The van der Waals surface area contributed by atoms with Crippen LogP contribution in [0.5, 0.6) is 5.75 Å². The summed E-state index contributed by atoms with van der Waals surface area (Å²) in [6.07, 6.45) is 0. The molecular formula is C16H18N2O4. The number of hydrogen-bond acceptors (Lipinski definition) is 5. The van der Waals surface area contributed by atoms with Crippen LogP contribution in [0.1, 0.15) is 17.4 Å². The van der Waals surface area contributed by atoms with Gasteiger partial charge in [0.15, 0.2) is 11.5 Å². The molecule has 22 heavy (non-hydrogen) atoms. The van der Waals surface area contributed by atoms with E-state index in [1.807, 2.05) is 31.2 Å². The third kappa shape index (κ3) is 2.69. The highest BCUT2D eigenvalue weighted by Crippen LogP contribution is 2.30. The van der Waals surface area contributed by atoms with Crippen LogP contribution in [0.3, 0.4) is 0 Å². The van der Waals surface area contributed by atoms with Crippen LogP contribution in [0.25, 0.3) is 11.3 Å². The van der Waals surface area contributed by atoms with Crippen LogP contribution in [-0.2, 0) is 4.74 Å². The Bertz CT molecular complexity index is 668. The molecule has 1 unspecified atom stereocenters. The first-order chi connectivity index (χ1) is 10.7. The number of benzene rings is 1. The zero-order chi connectivity index (χ0) is 15.5. The second kappa shape index (κ2) is 6.19. The molecule has 0 spiro atoms. The normalized spacial score (nSPS) is 18.3. The summed E-state index contributed by atoms with van der Waals surface area (Å²) in [5.74, 6) is 1.06. The number of methoxy groups -OCH3 is 1. The van der Waals surface area contributed by atoms with Gasteiger partial charge in [0.25, 0.3) is 5.91 Å². The minimum atomic E-state index is -0.138. The Labute approximate surface area is 128 Å². The van der Waals surface area contributed by atoms with Gasteiger partial charge >= 0.3 is 0 Å². The Kier molecular flexibility index (Phi) is 4.11. The molecule has 1 saturated heterocycles. The number of carbonyl (C=O) groups excluding carboxylic acids is 1. The average Bonchev–Trinajstić information content (AvgIpc) is 3.04.